The number of carbonyl (C=O) groups is 2. The van der Waals surface area contributed by atoms with Gasteiger partial charge in [-0.15, -0.1) is 6.58 Å². The third-order valence-corrected chi connectivity index (χ3v) is 2.61. The number of nitrogens with one attached hydrogen (secondary N) is 2. The van der Waals surface area contributed by atoms with E-state index in [1.54, 1.807) is 25.1 Å². The molecule has 0 aliphatic rings. The first-order valence-electron chi connectivity index (χ1n) is 5.96. The molecule has 19 heavy (non-hydrogen) atoms. The first-order chi connectivity index (χ1) is 8.93. The summed E-state index contributed by atoms with van der Waals surface area (Å²) >= 11 is 0. The van der Waals surface area contributed by atoms with Gasteiger partial charge in [0.1, 0.15) is 0 Å². The summed E-state index contributed by atoms with van der Waals surface area (Å²) in [6.45, 7) is 7.16. The van der Waals surface area contributed by atoms with Crippen molar-refractivity contribution in [2.24, 2.45) is 0 Å². The Hall–Kier alpha value is -2.30. The van der Waals surface area contributed by atoms with Gasteiger partial charge in [-0.25, -0.2) is 9.59 Å². The second kappa shape index (κ2) is 6.58. The zero-order chi connectivity index (χ0) is 14.4. The molecule has 102 valence electrons. The molecule has 2 amide bonds. The zero-order valence-electron chi connectivity index (χ0n) is 11.1. The first kappa shape index (κ1) is 14.8. The lowest BCUT2D eigenvalue weighted by Gasteiger charge is -2.13. The third-order valence-electron chi connectivity index (χ3n) is 2.61. The van der Waals surface area contributed by atoms with Gasteiger partial charge >= 0.3 is 12.0 Å². The predicted octanol–water partition coefficient (Wildman–Crippen LogP) is 2.78. The minimum atomic E-state index is -0.979. The predicted molar refractivity (Wildman–Crippen MR) is 74.6 cm³/mol. The lowest BCUT2D eigenvalue weighted by atomic mass is 10.1. The van der Waals surface area contributed by atoms with Crippen molar-refractivity contribution in [1.82, 2.24) is 5.32 Å². The average molecular weight is 262 g/mol. The van der Waals surface area contributed by atoms with Crippen LogP contribution in [0.1, 0.15) is 29.3 Å². The molecule has 0 bridgehead atoms. The molecule has 0 fully saturated rings. The summed E-state index contributed by atoms with van der Waals surface area (Å²) in [7, 11) is 0. The maximum Gasteiger partial charge on any atom is 0.335 e. The topological polar surface area (TPSA) is 78.4 Å². The van der Waals surface area contributed by atoms with Crippen molar-refractivity contribution in [1.29, 1.82) is 0 Å². The molecule has 0 aliphatic heterocycles. The van der Waals surface area contributed by atoms with E-state index >= 15 is 0 Å². The molecule has 1 atom stereocenters. The van der Waals surface area contributed by atoms with Gasteiger partial charge in [0.15, 0.2) is 0 Å². The first-order valence-corrected chi connectivity index (χ1v) is 5.96. The third kappa shape index (κ3) is 4.46. The normalized spacial score (nSPS) is 11.5. The van der Waals surface area contributed by atoms with Crippen LogP contribution >= 0.6 is 0 Å². The highest BCUT2D eigenvalue weighted by Crippen LogP contribution is 2.15. The Morgan fingerprint density at radius 3 is 2.68 bits per heavy atom. The summed E-state index contributed by atoms with van der Waals surface area (Å²) in [6.07, 6.45) is 2.42. The summed E-state index contributed by atoms with van der Waals surface area (Å²) in [5, 5.41) is 14.3. The molecule has 0 aliphatic carbocycles. The van der Waals surface area contributed by atoms with E-state index in [1.807, 2.05) is 6.92 Å². The van der Waals surface area contributed by atoms with Crippen LogP contribution < -0.4 is 10.6 Å². The van der Waals surface area contributed by atoms with Gasteiger partial charge in [-0.1, -0.05) is 6.08 Å². The van der Waals surface area contributed by atoms with E-state index < -0.39 is 5.97 Å². The van der Waals surface area contributed by atoms with Crippen LogP contribution in [0.5, 0.6) is 0 Å². The highest BCUT2D eigenvalue weighted by atomic mass is 16.4. The van der Waals surface area contributed by atoms with Crippen LogP contribution in [-0.4, -0.2) is 23.1 Å². The fourth-order valence-electron chi connectivity index (χ4n) is 1.68. The number of hydrogen-bond donors (Lipinski definition) is 3. The molecule has 5 heteroatoms. The van der Waals surface area contributed by atoms with E-state index in [0.717, 1.165) is 0 Å². The minimum absolute atomic E-state index is 0.00288. The number of hydrogen-bond acceptors (Lipinski definition) is 2. The van der Waals surface area contributed by atoms with Gasteiger partial charge in [0.05, 0.1) is 5.56 Å². The Labute approximate surface area is 112 Å². The van der Waals surface area contributed by atoms with Gasteiger partial charge in [-0.3, -0.25) is 0 Å². The van der Waals surface area contributed by atoms with Crippen molar-refractivity contribution in [3.05, 3.63) is 42.0 Å². The maximum absolute atomic E-state index is 11.7. The Bertz CT molecular complexity index is 497. The van der Waals surface area contributed by atoms with Crippen LogP contribution in [0.3, 0.4) is 0 Å². The fraction of sp³-hybridized carbons (Fsp3) is 0.286. The molecule has 0 heterocycles. The van der Waals surface area contributed by atoms with Crippen molar-refractivity contribution in [3.8, 4) is 0 Å². The number of amides is 2. The Morgan fingerprint density at radius 1 is 1.47 bits per heavy atom. The number of carboxylic acid groups (broad SMARTS) is 1. The number of rotatable bonds is 5. The number of aromatic carboxylic acids is 1. The number of carbonyl (C=O) groups excluding carboxylic acids is 1. The van der Waals surface area contributed by atoms with E-state index in [0.29, 0.717) is 17.7 Å². The number of anilines is 1. The molecule has 1 unspecified atom stereocenters. The molecular formula is C14H18N2O3. The summed E-state index contributed by atoms with van der Waals surface area (Å²) in [5.41, 5.74) is 1.39. The summed E-state index contributed by atoms with van der Waals surface area (Å²) in [6, 6.07) is 4.34. The lowest BCUT2D eigenvalue weighted by molar-refractivity contribution is 0.0696. The van der Waals surface area contributed by atoms with Gasteiger partial charge in [0.2, 0.25) is 0 Å². The molecule has 5 nitrogen and oxygen atoms in total. The minimum Gasteiger partial charge on any atom is -0.478 e. The quantitative estimate of drug-likeness (QED) is 0.714. The van der Waals surface area contributed by atoms with Crippen molar-refractivity contribution in [2.45, 2.75) is 26.3 Å². The van der Waals surface area contributed by atoms with E-state index in [9.17, 15) is 9.59 Å². The van der Waals surface area contributed by atoms with E-state index in [4.69, 9.17) is 5.11 Å². The van der Waals surface area contributed by atoms with Crippen LogP contribution in [0.25, 0.3) is 0 Å². The summed E-state index contributed by atoms with van der Waals surface area (Å²) < 4.78 is 0. The fourth-order valence-corrected chi connectivity index (χ4v) is 1.68. The Balaban J connectivity index is 2.67. The standard InChI is InChI=1S/C14H18N2O3/c1-4-5-10(3)15-14(19)16-11-6-7-12(13(17)18)9(2)8-11/h4,6-8,10H,1,5H2,2-3H3,(H,17,18)(H2,15,16,19). The largest absolute Gasteiger partial charge is 0.478 e. The Morgan fingerprint density at radius 2 is 2.16 bits per heavy atom. The van der Waals surface area contributed by atoms with Gasteiger partial charge < -0.3 is 15.7 Å². The molecule has 0 saturated heterocycles. The van der Waals surface area contributed by atoms with E-state index in [-0.39, 0.29) is 17.6 Å². The molecule has 3 N–H and O–H groups in total. The zero-order valence-corrected chi connectivity index (χ0v) is 11.1. The van der Waals surface area contributed by atoms with E-state index in [2.05, 4.69) is 17.2 Å². The second-order valence-corrected chi connectivity index (χ2v) is 4.36. The number of benzene rings is 1. The molecule has 0 saturated carbocycles. The van der Waals surface area contributed by atoms with E-state index in [1.165, 1.54) is 6.07 Å². The SMILES string of the molecule is C=CCC(C)NC(=O)Nc1ccc(C(=O)O)c(C)c1. The van der Waals surface area contributed by atoms with Gasteiger partial charge in [0, 0.05) is 11.7 Å². The smallest absolute Gasteiger partial charge is 0.335 e. The highest BCUT2D eigenvalue weighted by Gasteiger charge is 2.09. The van der Waals surface area contributed by atoms with Crippen molar-refractivity contribution in [2.75, 3.05) is 5.32 Å². The summed E-state index contributed by atoms with van der Waals surface area (Å²) in [4.78, 5) is 22.5. The van der Waals surface area contributed by atoms with Crippen LogP contribution in [0.4, 0.5) is 10.5 Å². The number of urea groups is 1. The molecule has 1 aromatic carbocycles. The highest BCUT2D eigenvalue weighted by molar-refractivity contribution is 5.92. The number of aryl methyl sites for hydroxylation is 1. The maximum atomic E-state index is 11.7. The van der Waals surface area contributed by atoms with Crippen LogP contribution in [-0.2, 0) is 0 Å². The van der Waals surface area contributed by atoms with Gasteiger partial charge in [-0.05, 0) is 44.0 Å². The van der Waals surface area contributed by atoms with Gasteiger partial charge in [-0.2, -0.15) is 0 Å². The molecule has 0 aromatic heterocycles. The average Bonchev–Trinajstić information content (AvgIpc) is 2.28. The van der Waals surface area contributed by atoms with Gasteiger partial charge in [0.25, 0.3) is 0 Å². The van der Waals surface area contributed by atoms with Crippen LogP contribution in [0.15, 0.2) is 30.9 Å². The second-order valence-electron chi connectivity index (χ2n) is 4.36. The molecule has 0 spiro atoms. The summed E-state index contributed by atoms with van der Waals surface area (Å²) in [5.74, 6) is -0.979. The van der Waals surface area contributed by atoms with Crippen molar-refractivity contribution in [3.63, 3.8) is 0 Å². The monoisotopic (exact) mass is 262 g/mol. The van der Waals surface area contributed by atoms with Crippen LogP contribution in [0.2, 0.25) is 0 Å². The van der Waals surface area contributed by atoms with Crippen molar-refractivity contribution < 1.29 is 14.7 Å². The lowest BCUT2D eigenvalue weighted by Crippen LogP contribution is -2.35. The van der Waals surface area contributed by atoms with Crippen molar-refractivity contribution >= 4 is 17.7 Å². The Kier molecular flexibility index (Phi) is 5.11. The molecular weight excluding hydrogens is 244 g/mol. The number of carboxylic acids is 1. The molecule has 0 radical (unpaired) electrons. The van der Waals surface area contributed by atoms with Crippen LogP contribution in [0, 0.1) is 6.92 Å². The molecule has 1 aromatic rings. The molecule has 1 rings (SSSR count).